The van der Waals surface area contributed by atoms with Crippen LogP contribution in [0.2, 0.25) is 18.1 Å². The SMILES string of the molecule is CC/C=C(\O[Si](C)(C)C(C)(C)C(C)C)[C@@]1(OC)CC(C(=O)O)=CC=C1OC. The molecule has 0 spiro atoms. The Morgan fingerprint density at radius 2 is 1.93 bits per heavy atom. The Morgan fingerprint density at radius 1 is 1.33 bits per heavy atom. The fourth-order valence-corrected chi connectivity index (χ4v) is 5.61. The van der Waals surface area contributed by atoms with E-state index in [1.807, 2.05) is 13.0 Å². The number of carboxylic acids is 1. The molecule has 6 heteroatoms. The molecule has 0 fully saturated rings. The first-order chi connectivity index (χ1) is 12.4. The van der Waals surface area contributed by atoms with Gasteiger partial charge in [0.05, 0.1) is 7.11 Å². The van der Waals surface area contributed by atoms with Crippen LogP contribution in [0, 0.1) is 5.92 Å². The van der Waals surface area contributed by atoms with Gasteiger partial charge in [0.2, 0.25) is 0 Å². The lowest BCUT2D eigenvalue weighted by molar-refractivity contribution is -0.133. The lowest BCUT2D eigenvalue weighted by Gasteiger charge is -2.46. The van der Waals surface area contributed by atoms with Crippen LogP contribution in [0.5, 0.6) is 0 Å². The van der Waals surface area contributed by atoms with Gasteiger partial charge in [-0.1, -0.05) is 34.6 Å². The average molecular weight is 397 g/mol. The summed E-state index contributed by atoms with van der Waals surface area (Å²) < 4.78 is 18.3. The van der Waals surface area contributed by atoms with Gasteiger partial charge in [0.25, 0.3) is 8.32 Å². The summed E-state index contributed by atoms with van der Waals surface area (Å²) in [6, 6.07) is 0. The molecule has 0 saturated heterocycles. The van der Waals surface area contributed by atoms with Crippen molar-refractivity contribution in [2.24, 2.45) is 5.92 Å². The molecule has 1 aliphatic rings. The third-order valence-corrected chi connectivity index (χ3v) is 10.7. The van der Waals surface area contributed by atoms with Crippen molar-refractivity contribution in [2.45, 2.75) is 71.2 Å². The summed E-state index contributed by atoms with van der Waals surface area (Å²) >= 11 is 0. The second-order valence-electron chi connectivity index (χ2n) is 8.41. The Morgan fingerprint density at radius 3 is 2.33 bits per heavy atom. The molecule has 0 heterocycles. The van der Waals surface area contributed by atoms with Gasteiger partial charge in [-0.25, -0.2) is 4.79 Å². The van der Waals surface area contributed by atoms with Crippen LogP contribution in [0.25, 0.3) is 0 Å². The van der Waals surface area contributed by atoms with Crippen molar-refractivity contribution in [2.75, 3.05) is 14.2 Å². The van der Waals surface area contributed by atoms with Crippen LogP contribution in [0.15, 0.2) is 35.3 Å². The molecule has 1 rings (SSSR count). The molecule has 0 aromatic heterocycles. The molecule has 1 N–H and O–H groups in total. The van der Waals surface area contributed by atoms with Gasteiger partial charge in [0, 0.05) is 19.1 Å². The maximum absolute atomic E-state index is 11.6. The maximum atomic E-state index is 11.6. The molecule has 0 aliphatic heterocycles. The molecule has 0 bridgehead atoms. The van der Waals surface area contributed by atoms with Crippen molar-refractivity contribution in [3.8, 4) is 0 Å². The summed E-state index contributed by atoms with van der Waals surface area (Å²) in [7, 11) is 0.918. The molecule has 154 valence electrons. The monoisotopic (exact) mass is 396 g/mol. The van der Waals surface area contributed by atoms with Crippen LogP contribution in [-0.4, -0.2) is 39.2 Å². The Hall–Kier alpha value is -1.53. The van der Waals surface area contributed by atoms with Gasteiger partial charge in [0.1, 0.15) is 11.5 Å². The number of methoxy groups -OCH3 is 2. The third-order valence-electron chi connectivity index (χ3n) is 6.26. The van der Waals surface area contributed by atoms with E-state index in [2.05, 4.69) is 40.8 Å². The van der Waals surface area contributed by atoms with Crippen LogP contribution < -0.4 is 0 Å². The van der Waals surface area contributed by atoms with Gasteiger partial charge >= 0.3 is 5.97 Å². The van der Waals surface area contributed by atoms with Gasteiger partial charge in [0.15, 0.2) is 5.60 Å². The number of carbonyl (C=O) groups is 1. The number of ether oxygens (including phenoxy) is 2. The van der Waals surface area contributed by atoms with E-state index in [0.29, 0.717) is 17.4 Å². The zero-order valence-electron chi connectivity index (χ0n) is 18.3. The number of hydrogen-bond donors (Lipinski definition) is 1. The normalized spacial score (nSPS) is 21.6. The highest BCUT2D eigenvalue weighted by Crippen LogP contribution is 2.48. The van der Waals surface area contributed by atoms with Crippen LogP contribution in [0.3, 0.4) is 0 Å². The van der Waals surface area contributed by atoms with Gasteiger partial charge in [-0.15, -0.1) is 0 Å². The molecule has 0 amide bonds. The van der Waals surface area contributed by atoms with Crippen molar-refractivity contribution < 1.29 is 23.8 Å². The second kappa shape index (κ2) is 8.65. The summed E-state index contributed by atoms with van der Waals surface area (Å²) in [6.45, 7) is 15.3. The third kappa shape index (κ3) is 4.49. The van der Waals surface area contributed by atoms with Crippen molar-refractivity contribution in [3.05, 3.63) is 35.3 Å². The Bertz CT molecular complexity index is 643. The Balaban J connectivity index is 3.47. The Labute approximate surface area is 165 Å². The highest BCUT2D eigenvalue weighted by Gasteiger charge is 2.51. The predicted octanol–water partition coefficient (Wildman–Crippen LogP) is 5.27. The van der Waals surface area contributed by atoms with Crippen molar-refractivity contribution in [3.63, 3.8) is 0 Å². The first-order valence-electron chi connectivity index (χ1n) is 9.53. The highest BCUT2D eigenvalue weighted by molar-refractivity contribution is 6.74. The van der Waals surface area contributed by atoms with E-state index >= 15 is 0 Å². The van der Waals surface area contributed by atoms with Gasteiger partial charge < -0.3 is 19.0 Å². The lowest BCUT2D eigenvalue weighted by Crippen LogP contribution is -2.49. The summed E-state index contributed by atoms with van der Waals surface area (Å²) in [5, 5.41) is 9.53. The van der Waals surface area contributed by atoms with Crippen LogP contribution >= 0.6 is 0 Å². The number of carboxylic acid groups (broad SMARTS) is 1. The summed E-state index contributed by atoms with van der Waals surface area (Å²) in [4.78, 5) is 11.6. The van der Waals surface area contributed by atoms with E-state index in [9.17, 15) is 9.90 Å². The van der Waals surface area contributed by atoms with E-state index in [1.54, 1.807) is 26.4 Å². The van der Waals surface area contributed by atoms with Gasteiger partial charge in [-0.3, -0.25) is 0 Å². The first-order valence-corrected chi connectivity index (χ1v) is 12.4. The van der Waals surface area contributed by atoms with Crippen LogP contribution in [0.1, 0.15) is 47.5 Å². The number of hydrogen-bond acceptors (Lipinski definition) is 4. The molecule has 1 aliphatic carbocycles. The van der Waals surface area contributed by atoms with Crippen molar-refractivity contribution >= 4 is 14.3 Å². The molecule has 0 aromatic rings. The van der Waals surface area contributed by atoms with E-state index in [4.69, 9.17) is 13.9 Å². The fraction of sp³-hybridized carbons (Fsp3) is 0.667. The Kier molecular flexibility index (Phi) is 7.53. The highest BCUT2D eigenvalue weighted by atomic mass is 28.4. The molecular weight excluding hydrogens is 360 g/mol. The second-order valence-corrected chi connectivity index (χ2v) is 12.9. The van der Waals surface area contributed by atoms with E-state index in [1.165, 1.54) is 0 Å². The zero-order valence-corrected chi connectivity index (χ0v) is 19.3. The number of rotatable bonds is 9. The minimum absolute atomic E-state index is 0.00580. The minimum atomic E-state index is -2.23. The quantitative estimate of drug-likeness (QED) is 0.425. The number of aliphatic carboxylic acids is 1. The van der Waals surface area contributed by atoms with Crippen LogP contribution in [-0.2, 0) is 18.7 Å². The van der Waals surface area contributed by atoms with Crippen LogP contribution in [0.4, 0.5) is 0 Å². The zero-order chi connectivity index (χ0) is 21.0. The topological polar surface area (TPSA) is 65.0 Å². The predicted molar refractivity (Wildman–Crippen MR) is 111 cm³/mol. The van der Waals surface area contributed by atoms with E-state index in [-0.39, 0.29) is 17.0 Å². The maximum Gasteiger partial charge on any atom is 0.331 e. The van der Waals surface area contributed by atoms with Crippen molar-refractivity contribution in [1.82, 2.24) is 0 Å². The lowest BCUT2D eigenvalue weighted by atomic mass is 9.85. The van der Waals surface area contributed by atoms with Gasteiger partial charge in [-0.05, 0) is 48.7 Å². The molecule has 1 atom stereocenters. The molecule has 0 unspecified atom stereocenters. The smallest absolute Gasteiger partial charge is 0.331 e. The van der Waals surface area contributed by atoms with E-state index < -0.39 is 19.9 Å². The molecule has 27 heavy (non-hydrogen) atoms. The first kappa shape index (κ1) is 23.5. The molecular formula is C21H36O5Si. The minimum Gasteiger partial charge on any atom is -0.544 e. The molecule has 0 aromatic carbocycles. The fourth-order valence-electron chi connectivity index (χ4n) is 3.16. The van der Waals surface area contributed by atoms with Crippen molar-refractivity contribution in [1.29, 1.82) is 0 Å². The van der Waals surface area contributed by atoms with Gasteiger partial charge in [-0.2, -0.15) is 0 Å². The molecule has 5 nitrogen and oxygen atoms in total. The molecule has 0 saturated carbocycles. The summed E-state index contributed by atoms with van der Waals surface area (Å²) in [5.41, 5.74) is -0.796. The number of allylic oxidation sites excluding steroid dienone is 3. The standard InChI is InChI=1S/C21H36O5Si/c1-10-11-18(26-27(8,9)20(4,5)15(2)3)21(25-7)14-16(19(22)23)12-13-17(21)24-6/h11-13,15H,10,14H2,1-9H3,(H,22,23)/b18-11-/t21-/m1/s1. The van der Waals surface area contributed by atoms with E-state index in [0.717, 1.165) is 6.42 Å². The summed E-state index contributed by atoms with van der Waals surface area (Å²) in [6.07, 6.45) is 6.15. The molecule has 0 radical (unpaired) electrons. The summed E-state index contributed by atoms with van der Waals surface area (Å²) in [5.74, 6) is 0.691. The largest absolute Gasteiger partial charge is 0.544 e. The average Bonchev–Trinajstić information content (AvgIpc) is 2.59.